The van der Waals surface area contributed by atoms with E-state index < -0.39 is 11.4 Å². The lowest BCUT2D eigenvalue weighted by Gasteiger charge is -2.36. The van der Waals surface area contributed by atoms with E-state index in [2.05, 4.69) is 51.2 Å². The normalized spacial score (nSPS) is 17.9. The van der Waals surface area contributed by atoms with Gasteiger partial charge in [-0.15, -0.1) is 0 Å². The van der Waals surface area contributed by atoms with Gasteiger partial charge in [-0.1, -0.05) is 67.0 Å². The molecule has 6 nitrogen and oxygen atoms in total. The van der Waals surface area contributed by atoms with Gasteiger partial charge in [0.25, 0.3) is 0 Å². The Bertz CT molecular complexity index is 1170. The molecule has 0 fully saturated rings. The maximum Gasteiger partial charge on any atom is 0.303 e. The third kappa shape index (κ3) is 7.73. The van der Waals surface area contributed by atoms with Crippen LogP contribution in [0.4, 0.5) is 0 Å². The Morgan fingerprint density at radius 2 is 1.71 bits per heavy atom. The molecule has 0 aliphatic heterocycles. The molecule has 2 N–H and O–H groups in total. The summed E-state index contributed by atoms with van der Waals surface area (Å²) in [5.74, 6) is 0.861. The molecule has 6 heteroatoms. The van der Waals surface area contributed by atoms with Gasteiger partial charge < -0.3 is 19.9 Å². The van der Waals surface area contributed by atoms with Gasteiger partial charge in [0.2, 0.25) is 5.91 Å². The number of benzene rings is 2. The van der Waals surface area contributed by atoms with E-state index in [4.69, 9.17) is 9.47 Å². The smallest absolute Gasteiger partial charge is 0.303 e. The molecule has 0 heterocycles. The maximum atomic E-state index is 14.0. The average Bonchev–Trinajstić information content (AvgIpc) is 2.85. The molecule has 0 saturated heterocycles. The van der Waals surface area contributed by atoms with Crippen molar-refractivity contribution in [3.63, 3.8) is 0 Å². The Labute approximate surface area is 226 Å². The molecular formula is C32H41NO5. The molecule has 1 amide bonds. The number of carbonyl (C=O) groups is 2. The lowest BCUT2D eigenvalue weighted by Crippen LogP contribution is -2.43. The van der Waals surface area contributed by atoms with E-state index in [-0.39, 0.29) is 18.4 Å². The third-order valence-electron chi connectivity index (χ3n) is 7.06. The maximum absolute atomic E-state index is 14.0. The monoisotopic (exact) mass is 519 g/mol. The molecule has 204 valence electrons. The number of carbonyl (C=O) groups excluding carboxylic acids is 1. The number of rotatable bonds is 12. The SMILES string of the molecule is COc1ccc(COC2=CC=C(CCC(=O)O)C(C)(C(=O)NC(CC(C)C)c3cc(C)cc(C)c3)C2)cc1. The Morgan fingerprint density at radius 3 is 2.29 bits per heavy atom. The summed E-state index contributed by atoms with van der Waals surface area (Å²) in [5.41, 5.74) is 4.28. The summed E-state index contributed by atoms with van der Waals surface area (Å²) in [6.45, 7) is 10.7. The largest absolute Gasteiger partial charge is 0.497 e. The van der Waals surface area contributed by atoms with Gasteiger partial charge in [-0.25, -0.2) is 0 Å². The van der Waals surface area contributed by atoms with Crippen molar-refractivity contribution in [2.24, 2.45) is 11.3 Å². The fraction of sp³-hybridized carbons (Fsp3) is 0.438. The highest BCUT2D eigenvalue weighted by Gasteiger charge is 2.41. The minimum Gasteiger partial charge on any atom is -0.497 e. The average molecular weight is 520 g/mol. The topological polar surface area (TPSA) is 84.9 Å². The molecule has 2 atom stereocenters. The number of ether oxygens (including phenoxy) is 2. The van der Waals surface area contributed by atoms with Crippen LogP contribution in [0.3, 0.4) is 0 Å². The number of carboxylic acids is 1. The van der Waals surface area contributed by atoms with E-state index in [0.29, 0.717) is 31.1 Å². The summed E-state index contributed by atoms with van der Waals surface area (Å²) in [4.78, 5) is 25.4. The highest BCUT2D eigenvalue weighted by molar-refractivity contribution is 5.87. The molecule has 0 radical (unpaired) electrons. The first kappa shape index (κ1) is 29.0. The molecule has 1 aliphatic rings. The van der Waals surface area contributed by atoms with Crippen molar-refractivity contribution in [1.29, 1.82) is 0 Å². The van der Waals surface area contributed by atoms with E-state index in [0.717, 1.165) is 40.0 Å². The number of aliphatic carboxylic acids is 1. The second-order valence-electron chi connectivity index (χ2n) is 10.9. The first-order valence-corrected chi connectivity index (χ1v) is 13.3. The van der Waals surface area contributed by atoms with Gasteiger partial charge in [-0.2, -0.15) is 0 Å². The van der Waals surface area contributed by atoms with Crippen LogP contribution < -0.4 is 10.1 Å². The summed E-state index contributed by atoms with van der Waals surface area (Å²) < 4.78 is 11.4. The fourth-order valence-electron chi connectivity index (χ4n) is 5.00. The van der Waals surface area contributed by atoms with Gasteiger partial charge in [-0.05, 0) is 68.9 Å². The van der Waals surface area contributed by atoms with Crippen LogP contribution in [-0.4, -0.2) is 24.1 Å². The van der Waals surface area contributed by atoms with Crippen molar-refractivity contribution in [3.8, 4) is 5.75 Å². The number of amides is 1. The van der Waals surface area contributed by atoms with E-state index in [1.54, 1.807) is 7.11 Å². The standard InChI is InChI=1S/C32H41NO5/c1-21(2)15-29(25-17-22(3)16-23(4)18-25)33-31(36)32(5)19-28(13-9-26(32)10-14-30(34)35)38-20-24-7-11-27(37-6)12-8-24/h7-9,11-13,16-18,21,29H,10,14-15,19-20H2,1-6H3,(H,33,36)(H,34,35). The quantitative estimate of drug-likeness (QED) is 0.321. The molecular weight excluding hydrogens is 478 g/mol. The summed E-state index contributed by atoms with van der Waals surface area (Å²) in [5, 5.41) is 12.7. The molecule has 0 spiro atoms. The molecule has 2 unspecified atom stereocenters. The molecule has 0 aromatic heterocycles. The predicted octanol–water partition coefficient (Wildman–Crippen LogP) is 6.82. The van der Waals surface area contributed by atoms with Crippen LogP contribution in [0.2, 0.25) is 0 Å². The predicted molar refractivity (Wildman–Crippen MR) is 150 cm³/mol. The molecule has 0 saturated carbocycles. The van der Waals surface area contributed by atoms with E-state index >= 15 is 0 Å². The molecule has 2 aromatic rings. The first-order valence-electron chi connectivity index (χ1n) is 13.3. The van der Waals surface area contributed by atoms with Gasteiger partial charge in [0.15, 0.2) is 0 Å². The molecule has 38 heavy (non-hydrogen) atoms. The van der Waals surface area contributed by atoms with E-state index in [1.807, 2.05) is 43.3 Å². The number of hydrogen-bond donors (Lipinski definition) is 2. The van der Waals surface area contributed by atoms with Crippen LogP contribution in [0.1, 0.15) is 74.8 Å². The Hall–Kier alpha value is -3.54. The minimum absolute atomic E-state index is 0.0307. The highest BCUT2D eigenvalue weighted by atomic mass is 16.5. The summed E-state index contributed by atoms with van der Waals surface area (Å²) in [6, 6.07) is 13.9. The van der Waals surface area contributed by atoms with Crippen LogP contribution in [0.25, 0.3) is 0 Å². The Morgan fingerprint density at radius 1 is 1.05 bits per heavy atom. The fourth-order valence-corrected chi connectivity index (χ4v) is 5.00. The van der Waals surface area contributed by atoms with Crippen molar-refractivity contribution >= 4 is 11.9 Å². The summed E-state index contributed by atoms with van der Waals surface area (Å²) >= 11 is 0. The Balaban J connectivity index is 1.84. The van der Waals surface area contributed by atoms with Crippen LogP contribution >= 0.6 is 0 Å². The number of nitrogens with one attached hydrogen (secondary N) is 1. The van der Waals surface area contributed by atoms with Gasteiger partial charge >= 0.3 is 5.97 Å². The van der Waals surface area contributed by atoms with E-state index in [1.165, 1.54) is 0 Å². The zero-order chi connectivity index (χ0) is 27.9. The van der Waals surface area contributed by atoms with Gasteiger partial charge in [-0.3, -0.25) is 9.59 Å². The second kappa shape index (κ2) is 12.8. The van der Waals surface area contributed by atoms with Crippen molar-refractivity contribution in [2.45, 2.75) is 73.0 Å². The third-order valence-corrected chi connectivity index (χ3v) is 7.06. The number of allylic oxidation sites excluding steroid dienone is 3. The van der Waals surface area contributed by atoms with Crippen molar-refractivity contribution in [3.05, 3.63) is 88.2 Å². The van der Waals surface area contributed by atoms with Crippen LogP contribution in [0.15, 0.2) is 65.9 Å². The van der Waals surface area contributed by atoms with Gasteiger partial charge in [0, 0.05) is 12.8 Å². The van der Waals surface area contributed by atoms with Crippen molar-refractivity contribution in [1.82, 2.24) is 5.32 Å². The number of methoxy groups -OCH3 is 1. The zero-order valence-electron chi connectivity index (χ0n) is 23.5. The number of hydrogen-bond acceptors (Lipinski definition) is 4. The van der Waals surface area contributed by atoms with Crippen molar-refractivity contribution < 1.29 is 24.2 Å². The number of aryl methyl sites for hydroxylation is 2. The first-order chi connectivity index (χ1) is 18.0. The van der Waals surface area contributed by atoms with Crippen molar-refractivity contribution in [2.75, 3.05) is 7.11 Å². The lowest BCUT2D eigenvalue weighted by atomic mass is 9.72. The van der Waals surface area contributed by atoms with Crippen LogP contribution in [0.5, 0.6) is 5.75 Å². The molecule has 2 aromatic carbocycles. The second-order valence-corrected chi connectivity index (χ2v) is 10.9. The molecule has 3 rings (SSSR count). The summed E-state index contributed by atoms with van der Waals surface area (Å²) in [7, 11) is 1.63. The Kier molecular flexibility index (Phi) is 9.78. The van der Waals surface area contributed by atoms with Crippen LogP contribution in [-0.2, 0) is 20.9 Å². The highest BCUT2D eigenvalue weighted by Crippen LogP contribution is 2.41. The lowest BCUT2D eigenvalue weighted by molar-refractivity contribution is -0.137. The van der Waals surface area contributed by atoms with Gasteiger partial charge in [0.05, 0.1) is 24.3 Å². The zero-order valence-corrected chi connectivity index (χ0v) is 23.5. The molecule has 1 aliphatic carbocycles. The summed E-state index contributed by atoms with van der Waals surface area (Å²) in [6.07, 6.45) is 5.17. The van der Waals surface area contributed by atoms with Gasteiger partial charge in [0.1, 0.15) is 12.4 Å². The minimum atomic E-state index is -0.923. The van der Waals surface area contributed by atoms with E-state index in [9.17, 15) is 14.7 Å². The number of carboxylic acid groups (broad SMARTS) is 1. The van der Waals surface area contributed by atoms with Crippen LogP contribution in [0, 0.1) is 25.2 Å². The molecule has 0 bridgehead atoms.